The number of hydrogen-bond donors (Lipinski definition) is 2. The monoisotopic (exact) mass is 312 g/mol. The third kappa shape index (κ3) is 4.03. The van der Waals surface area contributed by atoms with Crippen molar-refractivity contribution in [2.24, 2.45) is 0 Å². The maximum absolute atomic E-state index is 12.4. The lowest BCUT2D eigenvalue weighted by Gasteiger charge is -2.40. The van der Waals surface area contributed by atoms with E-state index in [2.05, 4.69) is 10.0 Å². The van der Waals surface area contributed by atoms with Crippen LogP contribution in [0.2, 0.25) is 0 Å². The van der Waals surface area contributed by atoms with Gasteiger partial charge in [-0.1, -0.05) is 19.1 Å². The van der Waals surface area contributed by atoms with Gasteiger partial charge in [-0.2, -0.15) is 0 Å². The van der Waals surface area contributed by atoms with E-state index < -0.39 is 10.0 Å². The first-order valence-corrected chi connectivity index (χ1v) is 8.84. The van der Waals surface area contributed by atoms with Gasteiger partial charge in [0.05, 0.1) is 10.5 Å². The molecule has 1 fully saturated rings. The second-order valence-electron chi connectivity index (χ2n) is 5.49. The molecule has 0 bridgehead atoms. The van der Waals surface area contributed by atoms with Crippen molar-refractivity contribution in [3.8, 4) is 0 Å². The molecule has 6 heteroatoms. The minimum atomic E-state index is -3.49. The molecule has 0 radical (unpaired) electrons. The van der Waals surface area contributed by atoms with Crippen LogP contribution >= 0.6 is 0 Å². The van der Waals surface area contributed by atoms with Crippen LogP contribution in [-0.2, 0) is 21.3 Å². The average molecular weight is 312 g/mol. The van der Waals surface area contributed by atoms with Gasteiger partial charge in [0.25, 0.3) is 0 Å². The smallest absolute Gasteiger partial charge is 0.240 e. The molecule has 1 aliphatic carbocycles. The highest BCUT2D eigenvalue weighted by Crippen LogP contribution is 2.34. The molecule has 0 aromatic heterocycles. The van der Waals surface area contributed by atoms with E-state index in [1.807, 2.05) is 13.0 Å². The first-order valence-electron chi connectivity index (χ1n) is 7.36. The van der Waals surface area contributed by atoms with E-state index >= 15 is 0 Å². The number of nitrogens with one attached hydrogen (secondary N) is 2. The standard InChI is InChI=1S/C15H24N2O3S/c1-3-16-11-13-6-4-7-14(10-13)21(18,19)17-12-15(20-2)8-5-9-15/h4,6-7,10,16-17H,3,5,8-9,11-12H2,1-2H3. The van der Waals surface area contributed by atoms with Crippen LogP contribution in [0.1, 0.15) is 31.7 Å². The van der Waals surface area contributed by atoms with Gasteiger partial charge in [-0.3, -0.25) is 0 Å². The summed E-state index contributed by atoms with van der Waals surface area (Å²) < 4.78 is 32.9. The second-order valence-corrected chi connectivity index (χ2v) is 7.26. The highest BCUT2D eigenvalue weighted by Gasteiger charge is 2.38. The molecule has 2 N–H and O–H groups in total. The summed E-state index contributed by atoms with van der Waals surface area (Å²) in [5.74, 6) is 0. The SMILES string of the molecule is CCNCc1cccc(S(=O)(=O)NCC2(OC)CCC2)c1. The third-order valence-electron chi connectivity index (χ3n) is 4.07. The predicted octanol–water partition coefficient (Wildman–Crippen LogP) is 1.64. The quantitative estimate of drug-likeness (QED) is 0.766. The summed E-state index contributed by atoms with van der Waals surface area (Å²) in [4.78, 5) is 0.309. The van der Waals surface area contributed by atoms with E-state index in [0.717, 1.165) is 31.4 Å². The van der Waals surface area contributed by atoms with Crippen molar-refractivity contribution in [3.05, 3.63) is 29.8 Å². The van der Waals surface area contributed by atoms with Gasteiger partial charge in [-0.15, -0.1) is 0 Å². The first-order chi connectivity index (χ1) is 10.0. The number of sulfonamides is 1. The zero-order valence-electron chi connectivity index (χ0n) is 12.7. The van der Waals surface area contributed by atoms with Gasteiger partial charge < -0.3 is 10.1 Å². The molecule has 0 saturated heterocycles. The molecule has 5 nitrogen and oxygen atoms in total. The minimum Gasteiger partial charge on any atom is -0.377 e. The molecule has 0 spiro atoms. The number of methoxy groups -OCH3 is 1. The summed E-state index contributed by atoms with van der Waals surface area (Å²) >= 11 is 0. The van der Waals surface area contributed by atoms with E-state index in [-0.39, 0.29) is 5.60 Å². The van der Waals surface area contributed by atoms with Crippen LogP contribution in [0.4, 0.5) is 0 Å². The van der Waals surface area contributed by atoms with Crippen LogP contribution in [0.3, 0.4) is 0 Å². The molecule has 21 heavy (non-hydrogen) atoms. The van der Waals surface area contributed by atoms with Gasteiger partial charge in [-0.25, -0.2) is 13.1 Å². The lowest BCUT2D eigenvalue weighted by Crippen LogP contribution is -2.49. The zero-order chi connectivity index (χ0) is 15.3. The Bertz CT molecular complexity index is 563. The van der Waals surface area contributed by atoms with Crippen LogP contribution in [0.5, 0.6) is 0 Å². The Labute approximate surface area is 127 Å². The van der Waals surface area contributed by atoms with Crippen LogP contribution in [-0.4, -0.2) is 34.2 Å². The van der Waals surface area contributed by atoms with E-state index in [9.17, 15) is 8.42 Å². The molecule has 0 unspecified atom stereocenters. The maximum Gasteiger partial charge on any atom is 0.240 e. The van der Waals surface area contributed by atoms with Gasteiger partial charge in [0, 0.05) is 20.2 Å². The Morgan fingerprint density at radius 3 is 2.67 bits per heavy atom. The molecule has 0 amide bonds. The van der Waals surface area contributed by atoms with Crippen molar-refractivity contribution in [1.29, 1.82) is 0 Å². The fourth-order valence-corrected chi connectivity index (χ4v) is 3.61. The van der Waals surface area contributed by atoms with Gasteiger partial charge >= 0.3 is 0 Å². The third-order valence-corrected chi connectivity index (χ3v) is 5.47. The van der Waals surface area contributed by atoms with Crippen LogP contribution in [0.15, 0.2) is 29.2 Å². The molecule has 1 aromatic carbocycles. The summed E-state index contributed by atoms with van der Waals surface area (Å²) in [7, 11) is -1.84. The Morgan fingerprint density at radius 2 is 2.10 bits per heavy atom. The average Bonchev–Trinajstić information content (AvgIpc) is 2.45. The van der Waals surface area contributed by atoms with Crippen molar-refractivity contribution >= 4 is 10.0 Å². The van der Waals surface area contributed by atoms with Crippen molar-refractivity contribution in [1.82, 2.24) is 10.0 Å². The molecule has 0 heterocycles. The predicted molar refractivity (Wildman–Crippen MR) is 82.6 cm³/mol. The van der Waals surface area contributed by atoms with Crippen molar-refractivity contribution in [3.63, 3.8) is 0 Å². The molecule has 2 rings (SSSR count). The number of ether oxygens (including phenoxy) is 1. The summed E-state index contributed by atoms with van der Waals surface area (Å²) in [6.07, 6.45) is 2.91. The van der Waals surface area contributed by atoms with Gasteiger partial charge in [0.1, 0.15) is 0 Å². The summed E-state index contributed by atoms with van der Waals surface area (Å²) in [5.41, 5.74) is 0.652. The Morgan fingerprint density at radius 1 is 1.33 bits per heavy atom. The Kier molecular flexibility index (Phi) is 5.37. The van der Waals surface area contributed by atoms with Crippen molar-refractivity contribution in [2.75, 3.05) is 20.2 Å². The van der Waals surface area contributed by atoms with E-state index in [1.54, 1.807) is 25.3 Å². The highest BCUT2D eigenvalue weighted by atomic mass is 32.2. The fourth-order valence-electron chi connectivity index (χ4n) is 2.43. The zero-order valence-corrected chi connectivity index (χ0v) is 13.5. The number of rotatable bonds is 8. The Hall–Kier alpha value is -0.950. The molecule has 0 aliphatic heterocycles. The Balaban J connectivity index is 2.04. The largest absolute Gasteiger partial charge is 0.377 e. The first kappa shape index (κ1) is 16.4. The molecular weight excluding hydrogens is 288 g/mol. The molecular formula is C15H24N2O3S. The van der Waals surface area contributed by atoms with Crippen molar-refractivity contribution in [2.45, 2.75) is 43.2 Å². The molecule has 1 aromatic rings. The summed E-state index contributed by atoms with van der Waals surface area (Å²) in [5, 5.41) is 3.19. The highest BCUT2D eigenvalue weighted by molar-refractivity contribution is 7.89. The van der Waals surface area contributed by atoms with Gasteiger partial charge in [-0.05, 0) is 43.5 Å². The van der Waals surface area contributed by atoms with Crippen LogP contribution in [0, 0.1) is 0 Å². The molecule has 1 aliphatic rings. The molecule has 118 valence electrons. The number of benzene rings is 1. The normalized spacial score (nSPS) is 17.4. The summed E-state index contributed by atoms with van der Waals surface area (Å²) in [6.45, 7) is 3.88. The van der Waals surface area contributed by atoms with Gasteiger partial charge in [0.15, 0.2) is 0 Å². The lowest BCUT2D eigenvalue weighted by molar-refractivity contribution is -0.0659. The minimum absolute atomic E-state index is 0.309. The van der Waals surface area contributed by atoms with Crippen LogP contribution < -0.4 is 10.0 Å². The molecule has 1 saturated carbocycles. The van der Waals surface area contributed by atoms with Gasteiger partial charge in [0.2, 0.25) is 10.0 Å². The topological polar surface area (TPSA) is 67.4 Å². The number of hydrogen-bond acceptors (Lipinski definition) is 4. The van der Waals surface area contributed by atoms with E-state index in [4.69, 9.17) is 4.74 Å². The lowest BCUT2D eigenvalue weighted by atomic mass is 9.80. The van der Waals surface area contributed by atoms with Crippen LogP contribution in [0.25, 0.3) is 0 Å². The summed E-state index contributed by atoms with van der Waals surface area (Å²) in [6, 6.07) is 7.03. The van der Waals surface area contributed by atoms with E-state index in [1.165, 1.54) is 0 Å². The fraction of sp³-hybridized carbons (Fsp3) is 0.600. The molecule has 0 atom stereocenters. The van der Waals surface area contributed by atoms with Crippen molar-refractivity contribution < 1.29 is 13.2 Å². The van der Waals surface area contributed by atoms with E-state index in [0.29, 0.717) is 18.0 Å². The second kappa shape index (κ2) is 6.87. The maximum atomic E-state index is 12.4.